The predicted molar refractivity (Wildman–Crippen MR) is 100 cm³/mol. The van der Waals surface area contributed by atoms with Gasteiger partial charge in [-0.15, -0.1) is 0 Å². The second-order valence-electron chi connectivity index (χ2n) is 7.83. The topological polar surface area (TPSA) is 124 Å². The minimum absolute atomic E-state index is 0.249. The third kappa shape index (κ3) is 5.89. The van der Waals surface area contributed by atoms with Gasteiger partial charge in [0, 0.05) is 13.1 Å². The number of amides is 1. The molecule has 0 unspecified atom stereocenters. The minimum atomic E-state index is -4.13. The number of carbonyl (C=O) groups excluding carboxylic acids is 1. The zero-order valence-electron chi connectivity index (χ0n) is 16.0. The summed E-state index contributed by atoms with van der Waals surface area (Å²) in [6.07, 6.45) is 0.434. The Bertz CT molecular complexity index is 946. The monoisotopic (exact) mass is 436 g/mol. The highest BCUT2D eigenvalue weighted by Crippen LogP contribution is 2.26. The molecule has 0 saturated carbocycles. The van der Waals surface area contributed by atoms with Gasteiger partial charge >= 0.3 is 6.09 Å². The van der Waals surface area contributed by atoms with Crippen LogP contribution in [0.2, 0.25) is 0 Å². The number of hydrogen-bond donors (Lipinski definition) is 1. The van der Waals surface area contributed by atoms with Crippen LogP contribution in [0.1, 0.15) is 33.6 Å². The summed E-state index contributed by atoms with van der Waals surface area (Å²) in [5.74, 6) is -1.69. The van der Waals surface area contributed by atoms with E-state index in [9.17, 15) is 26.0 Å². The van der Waals surface area contributed by atoms with Crippen molar-refractivity contribution in [3.63, 3.8) is 0 Å². The summed E-state index contributed by atoms with van der Waals surface area (Å²) in [5.41, 5.74) is -0.613. The quantitative estimate of drug-likeness (QED) is 0.769. The Hall–Kier alpha value is -1.72. The van der Waals surface area contributed by atoms with E-state index in [0.29, 0.717) is 32.0 Å². The summed E-state index contributed by atoms with van der Waals surface area (Å²) in [7, 11) is -8.09. The fourth-order valence-electron chi connectivity index (χ4n) is 2.92. The van der Waals surface area contributed by atoms with Crippen LogP contribution in [0.4, 0.5) is 9.18 Å². The van der Waals surface area contributed by atoms with Crippen LogP contribution in [0.25, 0.3) is 0 Å². The van der Waals surface area contributed by atoms with Crippen LogP contribution in [0.3, 0.4) is 0 Å². The largest absolute Gasteiger partial charge is 0.444 e. The molecule has 0 aromatic heterocycles. The van der Waals surface area contributed by atoms with E-state index in [1.807, 2.05) is 0 Å². The van der Waals surface area contributed by atoms with Crippen LogP contribution in [0.15, 0.2) is 28.0 Å². The third-order valence-electron chi connectivity index (χ3n) is 4.29. The lowest BCUT2D eigenvalue weighted by Gasteiger charge is -2.33. The number of piperidine rings is 1. The van der Waals surface area contributed by atoms with Crippen molar-refractivity contribution < 1.29 is 30.8 Å². The molecular weight excluding hydrogens is 411 g/mol. The number of ether oxygens (including phenoxy) is 1. The van der Waals surface area contributed by atoms with Crippen molar-refractivity contribution in [2.75, 3.05) is 18.8 Å². The van der Waals surface area contributed by atoms with Gasteiger partial charge < -0.3 is 9.64 Å². The van der Waals surface area contributed by atoms with E-state index in [2.05, 4.69) is 0 Å². The van der Waals surface area contributed by atoms with E-state index in [-0.39, 0.29) is 11.7 Å². The van der Waals surface area contributed by atoms with Crippen LogP contribution < -0.4 is 5.14 Å². The first-order chi connectivity index (χ1) is 12.7. The van der Waals surface area contributed by atoms with Crippen molar-refractivity contribution in [1.82, 2.24) is 4.90 Å². The maximum Gasteiger partial charge on any atom is 0.410 e. The molecule has 1 aromatic carbocycles. The molecule has 0 spiro atoms. The number of nitrogens with two attached hydrogens (primary N) is 1. The van der Waals surface area contributed by atoms with Crippen molar-refractivity contribution in [2.45, 2.75) is 49.0 Å². The Kier molecular flexibility index (Phi) is 6.41. The Morgan fingerprint density at radius 1 is 1.21 bits per heavy atom. The second kappa shape index (κ2) is 7.96. The molecule has 158 valence electrons. The maximum atomic E-state index is 14.2. The molecule has 0 bridgehead atoms. The number of likely N-dealkylation sites (tertiary alicyclic amines) is 1. The standard InChI is InChI=1S/C17H25FN2O6S2/c1-17(2,3)26-16(21)20-8-6-12(7-9-20)11-27(22,23)15-5-4-13(10-14(15)18)28(19,24)25/h4-5,10,12H,6-9,11H2,1-3H3,(H2,19,24,25). The van der Waals surface area contributed by atoms with Gasteiger partial charge in [-0.3, -0.25) is 0 Å². The van der Waals surface area contributed by atoms with Crippen LogP contribution in [-0.4, -0.2) is 52.3 Å². The van der Waals surface area contributed by atoms with Crippen LogP contribution in [0, 0.1) is 11.7 Å². The number of carbonyl (C=O) groups is 1. The number of benzene rings is 1. The SMILES string of the molecule is CC(C)(C)OC(=O)N1CCC(CS(=O)(=O)c2ccc(S(N)(=O)=O)cc2F)CC1. The number of hydrogen-bond acceptors (Lipinski definition) is 6. The molecule has 1 amide bonds. The van der Waals surface area contributed by atoms with Crippen LogP contribution in [0.5, 0.6) is 0 Å². The van der Waals surface area contributed by atoms with Gasteiger partial charge in [0.05, 0.1) is 10.6 Å². The van der Waals surface area contributed by atoms with Gasteiger partial charge in [-0.1, -0.05) is 0 Å². The Morgan fingerprint density at radius 2 is 1.79 bits per heavy atom. The van der Waals surface area contributed by atoms with Crippen molar-refractivity contribution in [2.24, 2.45) is 11.1 Å². The lowest BCUT2D eigenvalue weighted by atomic mass is 9.99. The summed E-state index contributed by atoms with van der Waals surface area (Å²) in [5, 5.41) is 4.92. The summed E-state index contributed by atoms with van der Waals surface area (Å²) in [4.78, 5) is 12.5. The zero-order chi connectivity index (χ0) is 21.3. The molecule has 0 aliphatic carbocycles. The van der Waals surface area contributed by atoms with Crippen molar-refractivity contribution in [3.8, 4) is 0 Å². The number of sulfonamides is 1. The molecule has 1 aliphatic rings. The molecule has 8 nitrogen and oxygen atoms in total. The van der Waals surface area contributed by atoms with E-state index >= 15 is 0 Å². The van der Waals surface area contributed by atoms with E-state index in [1.165, 1.54) is 4.90 Å². The number of sulfone groups is 1. The number of nitrogens with zero attached hydrogens (tertiary/aromatic N) is 1. The highest BCUT2D eigenvalue weighted by Gasteiger charge is 2.31. The zero-order valence-corrected chi connectivity index (χ0v) is 17.6. The van der Waals surface area contributed by atoms with Crippen molar-refractivity contribution >= 4 is 26.0 Å². The molecule has 1 aromatic rings. The Morgan fingerprint density at radius 3 is 2.25 bits per heavy atom. The van der Waals surface area contributed by atoms with E-state index in [4.69, 9.17) is 9.88 Å². The van der Waals surface area contributed by atoms with E-state index in [1.54, 1.807) is 20.8 Å². The Labute approximate surface area is 164 Å². The fraction of sp³-hybridized carbons (Fsp3) is 0.588. The fourth-order valence-corrected chi connectivity index (χ4v) is 5.21. The Balaban J connectivity index is 2.04. The molecule has 2 N–H and O–H groups in total. The predicted octanol–water partition coefficient (Wildman–Crippen LogP) is 1.89. The molecule has 1 saturated heterocycles. The van der Waals surface area contributed by atoms with Gasteiger partial charge in [0.2, 0.25) is 10.0 Å². The van der Waals surface area contributed by atoms with Gasteiger partial charge in [0.1, 0.15) is 16.3 Å². The first-order valence-corrected chi connectivity index (χ1v) is 11.9. The highest BCUT2D eigenvalue weighted by atomic mass is 32.2. The number of rotatable bonds is 4. The first-order valence-electron chi connectivity index (χ1n) is 8.72. The molecule has 1 fully saturated rings. The normalized spacial score (nSPS) is 16.8. The van der Waals surface area contributed by atoms with Crippen LogP contribution >= 0.6 is 0 Å². The minimum Gasteiger partial charge on any atom is -0.444 e. The highest BCUT2D eigenvalue weighted by molar-refractivity contribution is 7.91. The molecular formula is C17H25FN2O6S2. The maximum absolute atomic E-state index is 14.2. The molecule has 1 aliphatic heterocycles. The van der Waals surface area contributed by atoms with Gasteiger partial charge in [0.25, 0.3) is 0 Å². The average Bonchev–Trinajstić information content (AvgIpc) is 2.52. The van der Waals surface area contributed by atoms with Gasteiger partial charge in [-0.05, 0) is 57.7 Å². The lowest BCUT2D eigenvalue weighted by Crippen LogP contribution is -2.42. The average molecular weight is 437 g/mol. The van der Waals surface area contributed by atoms with E-state index < -0.39 is 47.2 Å². The third-order valence-corrected chi connectivity index (χ3v) is 7.11. The molecule has 28 heavy (non-hydrogen) atoms. The van der Waals surface area contributed by atoms with Gasteiger partial charge in [-0.2, -0.15) is 0 Å². The van der Waals surface area contributed by atoms with Crippen molar-refractivity contribution in [1.29, 1.82) is 0 Å². The molecule has 11 heteroatoms. The van der Waals surface area contributed by atoms with Gasteiger partial charge in [-0.25, -0.2) is 31.2 Å². The number of primary sulfonamides is 1. The van der Waals surface area contributed by atoms with E-state index in [0.717, 1.165) is 12.1 Å². The summed E-state index contributed by atoms with van der Waals surface area (Å²) in [6, 6.07) is 2.49. The number of halogens is 1. The lowest BCUT2D eigenvalue weighted by molar-refractivity contribution is 0.0191. The molecule has 1 heterocycles. The smallest absolute Gasteiger partial charge is 0.410 e. The first kappa shape index (κ1) is 22.6. The summed E-state index contributed by atoms with van der Waals surface area (Å²) in [6.45, 7) is 5.99. The second-order valence-corrected chi connectivity index (χ2v) is 11.4. The molecule has 0 radical (unpaired) electrons. The molecule has 2 rings (SSSR count). The van der Waals surface area contributed by atoms with Gasteiger partial charge in [0.15, 0.2) is 9.84 Å². The summed E-state index contributed by atoms with van der Waals surface area (Å²) < 4.78 is 67.1. The molecule has 0 atom stereocenters. The van der Waals surface area contributed by atoms with Crippen molar-refractivity contribution in [3.05, 3.63) is 24.0 Å². The van der Waals surface area contributed by atoms with Crippen LogP contribution in [-0.2, 0) is 24.6 Å². The summed E-state index contributed by atoms with van der Waals surface area (Å²) >= 11 is 0.